The molecule has 84 valence electrons. The average molecular weight is 211 g/mol. The van der Waals surface area contributed by atoms with Gasteiger partial charge in [0.15, 0.2) is 0 Å². The molecule has 1 saturated carbocycles. The lowest BCUT2D eigenvalue weighted by Gasteiger charge is -2.23. The highest BCUT2D eigenvalue weighted by molar-refractivity contribution is 5.79. The molecule has 0 N–H and O–H groups in total. The average Bonchev–Trinajstić information content (AvgIpc) is 2.18. The van der Waals surface area contributed by atoms with Crippen molar-refractivity contribution in [3.05, 3.63) is 22.8 Å². The Morgan fingerprint density at radius 3 is 2.93 bits per heavy atom. The van der Waals surface area contributed by atoms with Crippen LogP contribution in [-0.2, 0) is 4.79 Å². The van der Waals surface area contributed by atoms with Crippen molar-refractivity contribution in [2.24, 2.45) is 5.92 Å². The molecule has 1 rings (SSSR count). The van der Waals surface area contributed by atoms with Crippen molar-refractivity contribution >= 4 is 5.78 Å². The number of allylic oxidation sites excluding steroid dienone is 1. The van der Waals surface area contributed by atoms with E-state index in [1.54, 1.807) is 6.08 Å². The smallest absolute Gasteiger partial charge is 0.216 e. The maximum Gasteiger partial charge on any atom is 0.216 e. The summed E-state index contributed by atoms with van der Waals surface area (Å²) in [6, 6.07) is -0.563. The summed E-state index contributed by atoms with van der Waals surface area (Å²) in [6.45, 7) is 3.56. The van der Waals surface area contributed by atoms with Gasteiger partial charge >= 0.3 is 0 Å². The van der Waals surface area contributed by atoms with Gasteiger partial charge < -0.3 is 0 Å². The lowest BCUT2D eigenvalue weighted by molar-refractivity contribution is -0.533. The van der Waals surface area contributed by atoms with Crippen LogP contribution in [0.3, 0.4) is 0 Å². The highest BCUT2D eigenvalue weighted by Crippen LogP contribution is 2.27. The molecule has 15 heavy (non-hydrogen) atoms. The van der Waals surface area contributed by atoms with Crippen molar-refractivity contribution in [1.82, 2.24) is 0 Å². The van der Waals surface area contributed by atoms with Gasteiger partial charge in [0.1, 0.15) is 5.78 Å². The third kappa shape index (κ3) is 3.46. The Morgan fingerprint density at radius 1 is 1.67 bits per heavy atom. The first-order chi connectivity index (χ1) is 7.15. The molecule has 1 aliphatic rings. The second-order valence-corrected chi connectivity index (χ2v) is 4.11. The number of hydrogen-bond donors (Lipinski definition) is 0. The van der Waals surface area contributed by atoms with E-state index in [9.17, 15) is 14.9 Å². The number of Topliss-reactive ketones (excluding diaryl/α,β-unsaturated/α-hetero) is 1. The standard InChI is InChI=1S/C11H17NO3/c1-2-3-7-11(12(14)15)9-5-4-6-10(13)8-9/h2,9,11H,1,3-8H2/t9-,11+/m0/s1. The Kier molecular flexibility index (Phi) is 4.46. The number of carbonyl (C=O) groups is 1. The van der Waals surface area contributed by atoms with Crippen molar-refractivity contribution in [2.45, 2.75) is 44.6 Å². The quantitative estimate of drug-likeness (QED) is 0.398. The molecule has 0 saturated heterocycles. The van der Waals surface area contributed by atoms with Crippen LogP contribution in [0.2, 0.25) is 0 Å². The minimum absolute atomic E-state index is 0.0544. The summed E-state index contributed by atoms with van der Waals surface area (Å²) in [6.07, 6.45) is 5.47. The van der Waals surface area contributed by atoms with Crippen LogP contribution < -0.4 is 0 Å². The van der Waals surface area contributed by atoms with Crippen LogP contribution in [0.15, 0.2) is 12.7 Å². The van der Waals surface area contributed by atoms with E-state index in [4.69, 9.17) is 0 Å². The van der Waals surface area contributed by atoms with E-state index in [1.165, 1.54) is 0 Å². The molecule has 1 aliphatic carbocycles. The summed E-state index contributed by atoms with van der Waals surface area (Å²) in [5, 5.41) is 10.9. The molecule has 4 nitrogen and oxygen atoms in total. The van der Waals surface area contributed by atoms with Crippen molar-refractivity contribution in [3.63, 3.8) is 0 Å². The largest absolute Gasteiger partial charge is 0.300 e. The molecule has 0 heterocycles. The lowest BCUT2D eigenvalue weighted by Crippen LogP contribution is -2.33. The van der Waals surface area contributed by atoms with Gasteiger partial charge in [0.05, 0.1) is 0 Å². The minimum Gasteiger partial charge on any atom is -0.300 e. The SMILES string of the molecule is C=CCC[C@H]([C@H]1CCCC(=O)C1)[N+](=O)[O-]. The van der Waals surface area contributed by atoms with Gasteiger partial charge in [-0.2, -0.15) is 0 Å². The lowest BCUT2D eigenvalue weighted by atomic mass is 9.82. The van der Waals surface area contributed by atoms with Gasteiger partial charge in [-0.25, -0.2) is 0 Å². The molecule has 0 spiro atoms. The molecule has 0 amide bonds. The van der Waals surface area contributed by atoms with Crippen LogP contribution in [0.1, 0.15) is 38.5 Å². The van der Waals surface area contributed by atoms with E-state index >= 15 is 0 Å². The van der Waals surface area contributed by atoms with Crippen molar-refractivity contribution in [3.8, 4) is 0 Å². The van der Waals surface area contributed by atoms with Gasteiger partial charge in [-0.1, -0.05) is 6.08 Å². The fourth-order valence-electron chi connectivity index (χ4n) is 2.19. The van der Waals surface area contributed by atoms with Crippen LogP contribution in [-0.4, -0.2) is 16.7 Å². The number of ketones is 1. The molecule has 4 heteroatoms. The van der Waals surface area contributed by atoms with Crippen molar-refractivity contribution in [2.75, 3.05) is 0 Å². The van der Waals surface area contributed by atoms with Crippen molar-refractivity contribution < 1.29 is 9.72 Å². The fourth-order valence-corrected chi connectivity index (χ4v) is 2.19. The molecule has 0 aromatic rings. The van der Waals surface area contributed by atoms with Crippen LogP contribution in [0.25, 0.3) is 0 Å². The number of carbonyl (C=O) groups excluding carboxylic acids is 1. The van der Waals surface area contributed by atoms with E-state index in [2.05, 4.69) is 6.58 Å². The molecule has 2 atom stereocenters. The van der Waals surface area contributed by atoms with Crippen LogP contribution >= 0.6 is 0 Å². The molecule has 0 radical (unpaired) electrons. The zero-order valence-electron chi connectivity index (χ0n) is 8.85. The first-order valence-corrected chi connectivity index (χ1v) is 5.41. The molecule has 1 fully saturated rings. The van der Waals surface area contributed by atoms with E-state index in [0.717, 1.165) is 12.8 Å². The third-order valence-electron chi connectivity index (χ3n) is 3.00. The van der Waals surface area contributed by atoms with Gasteiger partial charge in [0.25, 0.3) is 0 Å². The number of hydrogen-bond acceptors (Lipinski definition) is 3. The summed E-state index contributed by atoms with van der Waals surface area (Å²) < 4.78 is 0. The van der Waals surface area contributed by atoms with Gasteiger partial charge in [-0.3, -0.25) is 14.9 Å². The zero-order valence-corrected chi connectivity index (χ0v) is 8.85. The van der Waals surface area contributed by atoms with E-state index in [0.29, 0.717) is 25.7 Å². The highest BCUT2D eigenvalue weighted by Gasteiger charge is 2.34. The summed E-state index contributed by atoms with van der Waals surface area (Å²) in [5.74, 6) is 0.123. The third-order valence-corrected chi connectivity index (χ3v) is 3.00. The predicted octanol–water partition coefficient (Wildman–Crippen LogP) is 2.36. The van der Waals surface area contributed by atoms with Gasteiger partial charge in [-0.15, -0.1) is 6.58 Å². The molecule has 0 bridgehead atoms. The summed E-state index contributed by atoms with van der Waals surface area (Å²) in [4.78, 5) is 21.9. The topological polar surface area (TPSA) is 60.2 Å². The van der Waals surface area contributed by atoms with E-state index in [1.807, 2.05) is 0 Å². The minimum atomic E-state index is -0.563. The summed E-state index contributed by atoms with van der Waals surface area (Å²) in [5.41, 5.74) is 0. The fraction of sp³-hybridized carbons (Fsp3) is 0.727. The molecular weight excluding hydrogens is 194 g/mol. The Labute approximate surface area is 89.5 Å². The number of nitrogens with zero attached hydrogens (tertiary/aromatic N) is 1. The highest BCUT2D eigenvalue weighted by atomic mass is 16.6. The summed E-state index contributed by atoms with van der Waals surface area (Å²) in [7, 11) is 0. The van der Waals surface area contributed by atoms with Gasteiger partial charge in [-0.05, 0) is 19.3 Å². The normalized spacial score (nSPS) is 23.5. The Hall–Kier alpha value is -1.19. The Bertz CT molecular complexity index is 263. The first-order valence-electron chi connectivity index (χ1n) is 5.41. The monoisotopic (exact) mass is 211 g/mol. The molecule has 0 aromatic carbocycles. The maximum absolute atomic E-state index is 11.2. The van der Waals surface area contributed by atoms with Crippen LogP contribution in [0.4, 0.5) is 0 Å². The molecular formula is C11H17NO3. The second kappa shape index (κ2) is 5.63. The van der Waals surface area contributed by atoms with E-state index < -0.39 is 6.04 Å². The number of nitro groups is 1. The molecule has 0 unspecified atom stereocenters. The number of rotatable bonds is 5. The maximum atomic E-state index is 11.2. The van der Waals surface area contributed by atoms with Crippen LogP contribution in [0.5, 0.6) is 0 Å². The Morgan fingerprint density at radius 2 is 2.40 bits per heavy atom. The van der Waals surface area contributed by atoms with Crippen molar-refractivity contribution in [1.29, 1.82) is 0 Å². The first kappa shape index (κ1) is 11.9. The molecule has 0 aliphatic heterocycles. The van der Waals surface area contributed by atoms with Gasteiger partial charge in [0, 0.05) is 30.1 Å². The zero-order chi connectivity index (χ0) is 11.3. The van der Waals surface area contributed by atoms with E-state index in [-0.39, 0.29) is 16.6 Å². The second-order valence-electron chi connectivity index (χ2n) is 4.11. The van der Waals surface area contributed by atoms with Crippen LogP contribution in [0, 0.1) is 16.0 Å². The summed E-state index contributed by atoms with van der Waals surface area (Å²) >= 11 is 0. The predicted molar refractivity (Wildman–Crippen MR) is 57.2 cm³/mol. The van der Waals surface area contributed by atoms with Gasteiger partial charge in [0.2, 0.25) is 6.04 Å². The molecule has 0 aromatic heterocycles. The Balaban J connectivity index is 2.57.